The number of methoxy groups -OCH3 is 3. The van der Waals surface area contributed by atoms with E-state index in [1.807, 2.05) is 43.6 Å². The summed E-state index contributed by atoms with van der Waals surface area (Å²) < 4.78 is 15.9. The maximum absolute atomic E-state index is 12.7. The first-order valence-electron chi connectivity index (χ1n) is 9.54. The SMILES string of the molecule is CNc1cnccc1SCc1ccc(NC(=O)c2cc(OC)c(OC)c(OC)c2)cc1. The smallest absolute Gasteiger partial charge is 0.255 e. The molecule has 0 fully saturated rings. The van der Waals surface area contributed by atoms with Crippen molar-refractivity contribution >= 4 is 29.0 Å². The Kier molecular flexibility index (Phi) is 7.61. The predicted octanol–water partition coefficient (Wildman–Crippen LogP) is 4.69. The number of carbonyl (C=O) groups is 1. The zero-order valence-electron chi connectivity index (χ0n) is 17.9. The van der Waals surface area contributed by atoms with Crippen molar-refractivity contribution in [2.75, 3.05) is 39.0 Å². The number of hydrogen-bond donors (Lipinski definition) is 2. The second kappa shape index (κ2) is 10.6. The normalized spacial score (nSPS) is 10.3. The third kappa shape index (κ3) is 5.40. The largest absolute Gasteiger partial charge is 0.493 e. The van der Waals surface area contributed by atoms with Crippen LogP contribution in [0.1, 0.15) is 15.9 Å². The molecule has 0 aliphatic heterocycles. The van der Waals surface area contributed by atoms with E-state index in [0.717, 1.165) is 21.9 Å². The Bertz CT molecular complexity index is 1020. The monoisotopic (exact) mass is 439 g/mol. The van der Waals surface area contributed by atoms with Gasteiger partial charge in [-0.15, -0.1) is 11.8 Å². The molecule has 0 aliphatic carbocycles. The maximum atomic E-state index is 12.7. The molecule has 2 aromatic carbocycles. The highest BCUT2D eigenvalue weighted by Crippen LogP contribution is 2.38. The Labute approximate surface area is 186 Å². The fourth-order valence-corrected chi connectivity index (χ4v) is 3.94. The van der Waals surface area contributed by atoms with Crippen LogP contribution in [0.2, 0.25) is 0 Å². The summed E-state index contributed by atoms with van der Waals surface area (Å²) in [4.78, 5) is 18.0. The Balaban J connectivity index is 1.67. The molecule has 31 heavy (non-hydrogen) atoms. The van der Waals surface area contributed by atoms with Gasteiger partial charge in [0.05, 0.1) is 33.2 Å². The van der Waals surface area contributed by atoms with Gasteiger partial charge in [0.25, 0.3) is 5.91 Å². The number of amides is 1. The van der Waals surface area contributed by atoms with E-state index < -0.39 is 0 Å². The number of aromatic nitrogens is 1. The molecule has 3 rings (SSSR count). The fourth-order valence-electron chi connectivity index (χ4n) is 2.96. The van der Waals surface area contributed by atoms with Crippen LogP contribution in [0.4, 0.5) is 11.4 Å². The minimum absolute atomic E-state index is 0.267. The van der Waals surface area contributed by atoms with Crippen molar-refractivity contribution in [2.24, 2.45) is 0 Å². The quantitative estimate of drug-likeness (QED) is 0.468. The average molecular weight is 440 g/mol. The van der Waals surface area contributed by atoms with Crippen molar-refractivity contribution in [3.05, 3.63) is 66.0 Å². The standard InChI is InChI=1S/C23H25N3O4S/c1-24-18-13-25-10-9-21(18)31-14-15-5-7-17(8-6-15)26-23(27)16-11-19(28-2)22(30-4)20(12-16)29-3/h5-13,24H,14H2,1-4H3,(H,26,27). The molecule has 162 valence electrons. The molecule has 0 aliphatic rings. The van der Waals surface area contributed by atoms with Gasteiger partial charge in [0, 0.05) is 35.1 Å². The lowest BCUT2D eigenvalue weighted by Gasteiger charge is -2.14. The summed E-state index contributed by atoms with van der Waals surface area (Å²) >= 11 is 1.72. The van der Waals surface area contributed by atoms with E-state index >= 15 is 0 Å². The van der Waals surface area contributed by atoms with Crippen LogP contribution in [0.15, 0.2) is 59.8 Å². The molecule has 8 heteroatoms. The van der Waals surface area contributed by atoms with E-state index in [1.165, 1.54) is 21.3 Å². The molecule has 0 atom stereocenters. The van der Waals surface area contributed by atoms with Gasteiger partial charge in [0.15, 0.2) is 11.5 Å². The number of ether oxygens (including phenoxy) is 3. The van der Waals surface area contributed by atoms with Gasteiger partial charge in [-0.25, -0.2) is 0 Å². The molecule has 7 nitrogen and oxygen atoms in total. The number of pyridine rings is 1. The van der Waals surface area contributed by atoms with Gasteiger partial charge in [-0.1, -0.05) is 12.1 Å². The number of hydrogen-bond acceptors (Lipinski definition) is 7. The second-order valence-corrected chi connectivity index (χ2v) is 7.49. The van der Waals surface area contributed by atoms with Gasteiger partial charge in [0.2, 0.25) is 5.75 Å². The van der Waals surface area contributed by atoms with Crippen LogP contribution in [0.3, 0.4) is 0 Å². The highest BCUT2D eigenvalue weighted by atomic mass is 32.2. The van der Waals surface area contributed by atoms with Gasteiger partial charge < -0.3 is 24.8 Å². The summed E-state index contributed by atoms with van der Waals surface area (Å²) in [7, 11) is 6.43. The van der Waals surface area contributed by atoms with Gasteiger partial charge >= 0.3 is 0 Å². The Morgan fingerprint density at radius 1 is 1.00 bits per heavy atom. The molecule has 1 aromatic heterocycles. The highest BCUT2D eigenvalue weighted by molar-refractivity contribution is 7.98. The molecule has 0 spiro atoms. The van der Waals surface area contributed by atoms with E-state index in [1.54, 1.807) is 30.1 Å². The van der Waals surface area contributed by atoms with Gasteiger partial charge in [-0.2, -0.15) is 0 Å². The maximum Gasteiger partial charge on any atom is 0.255 e. The lowest BCUT2D eigenvalue weighted by Crippen LogP contribution is -2.12. The number of anilines is 2. The number of carbonyl (C=O) groups excluding carboxylic acids is 1. The third-order valence-electron chi connectivity index (χ3n) is 4.58. The van der Waals surface area contributed by atoms with Crippen molar-refractivity contribution in [1.29, 1.82) is 0 Å². The van der Waals surface area contributed by atoms with Crippen LogP contribution < -0.4 is 24.8 Å². The summed E-state index contributed by atoms with van der Waals surface area (Å²) in [5.41, 5.74) is 3.26. The van der Waals surface area contributed by atoms with Crippen molar-refractivity contribution < 1.29 is 19.0 Å². The van der Waals surface area contributed by atoms with Crippen molar-refractivity contribution in [3.8, 4) is 17.2 Å². The Morgan fingerprint density at radius 2 is 1.68 bits per heavy atom. The third-order valence-corrected chi connectivity index (χ3v) is 5.73. The summed E-state index contributed by atoms with van der Waals surface area (Å²) in [5, 5.41) is 6.05. The van der Waals surface area contributed by atoms with Crippen LogP contribution in [-0.2, 0) is 5.75 Å². The van der Waals surface area contributed by atoms with Crippen LogP contribution in [0.25, 0.3) is 0 Å². The first kappa shape index (κ1) is 22.3. The van der Waals surface area contributed by atoms with Crippen LogP contribution >= 0.6 is 11.8 Å². The zero-order chi connectivity index (χ0) is 22.2. The first-order chi connectivity index (χ1) is 15.1. The van der Waals surface area contributed by atoms with Crippen LogP contribution in [0.5, 0.6) is 17.2 Å². The molecule has 1 heterocycles. The van der Waals surface area contributed by atoms with Crippen molar-refractivity contribution in [3.63, 3.8) is 0 Å². The number of thioether (sulfide) groups is 1. The van der Waals surface area contributed by atoms with Gasteiger partial charge in [0.1, 0.15) is 0 Å². The van der Waals surface area contributed by atoms with E-state index in [0.29, 0.717) is 28.5 Å². The van der Waals surface area contributed by atoms with E-state index in [-0.39, 0.29) is 5.91 Å². The van der Waals surface area contributed by atoms with E-state index in [4.69, 9.17) is 14.2 Å². The summed E-state index contributed by atoms with van der Waals surface area (Å²) in [6, 6.07) is 13.0. The summed E-state index contributed by atoms with van der Waals surface area (Å²) in [6.45, 7) is 0. The van der Waals surface area contributed by atoms with Gasteiger partial charge in [-0.3, -0.25) is 9.78 Å². The molecular weight excluding hydrogens is 414 g/mol. The molecule has 0 unspecified atom stereocenters. The highest BCUT2D eigenvalue weighted by Gasteiger charge is 2.17. The molecule has 1 amide bonds. The zero-order valence-corrected chi connectivity index (χ0v) is 18.7. The Morgan fingerprint density at radius 3 is 2.26 bits per heavy atom. The fraction of sp³-hybridized carbons (Fsp3) is 0.217. The molecular formula is C23H25N3O4S. The van der Waals surface area contributed by atoms with Crippen LogP contribution in [-0.4, -0.2) is 39.3 Å². The number of rotatable bonds is 9. The lowest BCUT2D eigenvalue weighted by molar-refractivity contribution is 0.102. The Hall–Kier alpha value is -3.39. The topological polar surface area (TPSA) is 81.7 Å². The number of nitrogens with zero attached hydrogens (tertiary/aromatic N) is 1. The molecule has 0 bridgehead atoms. The lowest BCUT2D eigenvalue weighted by atomic mass is 10.1. The minimum atomic E-state index is -0.267. The molecule has 0 radical (unpaired) electrons. The second-order valence-electron chi connectivity index (χ2n) is 6.48. The van der Waals surface area contributed by atoms with Crippen molar-refractivity contribution in [1.82, 2.24) is 4.98 Å². The minimum Gasteiger partial charge on any atom is -0.493 e. The van der Waals surface area contributed by atoms with E-state index in [9.17, 15) is 4.79 Å². The first-order valence-corrected chi connectivity index (χ1v) is 10.5. The summed E-state index contributed by atoms with van der Waals surface area (Å²) in [6.07, 6.45) is 3.59. The molecule has 3 aromatic rings. The average Bonchev–Trinajstić information content (AvgIpc) is 2.82. The number of nitrogens with one attached hydrogen (secondary N) is 2. The molecule has 2 N–H and O–H groups in total. The molecule has 0 saturated heterocycles. The van der Waals surface area contributed by atoms with E-state index in [2.05, 4.69) is 15.6 Å². The van der Waals surface area contributed by atoms with Crippen molar-refractivity contribution in [2.45, 2.75) is 10.6 Å². The van der Waals surface area contributed by atoms with Gasteiger partial charge in [-0.05, 0) is 35.9 Å². The predicted molar refractivity (Wildman–Crippen MR) is 124 cm³/mol. The van der Waals surface area contributed by atoms with Crippen LogP contribution in [0, 0.1) is 0 Å². The molecule has 0 saturated carbocycles. The number of benzene rings is 2. The summed E-state index contributed by atoms with van der Waals surface area (Å²) in [5.74, 6) is 1.84.